The Labute approximate surface area is 159 Å². The monoisotopic (exact) mass is 367 g/mol. The molecule has 1 amide bonds. The Kier molecular flexibility index (Phi) is 5.49. The number of hydrogen-bond acceptors (Lipinski definition) is 3. The minimum Gasteiger partial charge on any atom is -0.497 e. The van der Waals surface area contributed by atoms with Gasteiger partial charge < -0.3 is 14.7 Å². The predicted octanol–water partition coefficient (Wildman–Crippen LogP) is 3.86. The van der Waals surface area contributed by atoms with Gasteiger partial charge in [-0.25, -0.2) is 4.79 Å². The van der Waals surface area contributed by atoms with Crippen LogP contribution in [0.5, 0.6) is 5.75 Å². The maximum absolute atomic E-state index is 12.9. The summed E-state index contributed by atoms with van der Waals surface area (Å²) in [4.78, 5) is 25.8. The maximum atomic E-state index is 12.9. The first-order chi connectivity index (χ1) is 12.9. The number of carbonyl (C=O) groups excluding carboxylic acids is 1. The van der Waals surface area contributed by atoms with Gasteiger partial charge in [0.25, 0.3) is 0 Å². The van der Waals surface area contributed by atoms with Crippen molar-refractivity contribution < 1.29 is 19.4 Å². The van der Waals surface area contributed by atoms with E-state index in [0.717, 1.165) is 17.7 Å². The smallest absolute Gasteiger partial charge is 0.335 e. The van der Waals surface area contributed by atoms with E-state index in [1.807, 2.05) is 11.0 Å². The molecule has 0 fully saturated rings. The van der Waals surface area contributed by atoms with Gasteiger partial charge in [-0.15, -0.1) is 0 Å². The number of methoxy groups -OCH3 is 1. The molecule has 5 heteroatoms. The molecule has 5 nitrogen and oxygen atoms in total. The molecule has 2 aromatic rings. The second-order valence-corrected chi connectivity index (χ2v) is 7.10. The second-order valence-electron chi connectivity index (χ2n) is 7.10. The first-order valence-electron chi connectivity index (χ1n) is 9.21. The van der Waals surface area contributed by atoms with E-state index < -0.39 is 5.97 Å². The summed E-state index contributed by atoms with van der Waals surface area (Å²) in [5.41, 5.74) is 3.64. The van der Waals surface area contributed by atoms with Crippen LogP contribution in [0.4, 0.5) is 0 Å². The van der Waals surface area contributed by atoms with Crippen LogP contribution < -0.4 is 4.74 Å². The number of ether oxygens (including phenoxy) is 1. The van der Waals surface area contributed by atoms with Crippen LogP contribution in [0.3, 0.4) is 0 Å². The van der Waals surface area contributed by atoms with Crippen molar-refractivity contribution in [1.29, 1.82) is 0 Å². The van der Waals surface area contributed by atoms with Gasteiger partial charge in [-0.1, -0.05) is 18.2 Å². The number of nitrogens with zero attached hydrogens (tertiary/aromatic N) is 1. The first kappa shape index (κ1) is 19.0. The van der Waals surface area contributed by atoms with Crippen LogP contribution in [-0.4, -0.2) is 35.0 Å². The molecule has 1 N–H and O–H groups in total. The van der Waals surface area contributed by atoms with E-state index >= 15 is 0 Å². The molecule has 0 aromatic heterocycles. The van der Waals surface area contributed by atoms with Crippen molar-refractivity contribution in [2.24, 2.45) is 0 Å². The van der Waals surface area contributed by atoms with Gasteiger partial charge in [-0.05, 0) is 67.6 Å². The van der Waals surface area contributed by atoms with Crippen LogP contribution in [-0.2, 0) is 17.6 Å². The Balaban J connectivity index is 1.69. The summed E-state index contributed by atoms with van der Waals surface area (Å²) in [6.45, 7) is 4.15. The molecule has 1 heterocycles. The third-order valence-electron chi connectivity index (χ3n) is 5.32. The van der Waals surface area contributed by atoms with E-state index in [1.54, 1.807) is 31.4 Å². The van der Waals surface area contributed by atoms with Crippen molar-refractivity contribution in [3.63, 3.8) is 0 Å². The quantitative estimate of drug-likeness (QED) is 0.871. The topological polar surface area (TPSA) is 66.8 Å². The van der Waals surface area contributed by atoms with Gasteiger partial charge in [0.15, 0.2) is 0 Å². The number of carboxylic acid groups (broad SMARTS) is 1. The highest BCUT2D eigenvalue weighted by Gasteiger charge is 2.32. The summed E-state index contributed by atoms with van der Waals surface area (Å²) in [5, 5.41) is 8.97. The van der Waals surface area contributed by atoms with Gasteiger partial charge in [0.05, 0.1) is 18.7 Å². The van der Waals surface area contributed by atoms with E-state index in [2.05, 4.69) is 26.0 Å². The van der Waals surface area contributed by atoms with E-state index in [4.69, 9.17) is 9.84 Å². The van der Waals surface area contributed by atoms with Crippen molar-refractivity contribution in [2.75, 3.05) is 7.11 Å². The van der Waals surface area contributed by atoms with Crippen LogP contribution in [0.2, 0.25) is 0 Å². The molecule has 0 aliphatic carbocycles. The Morgan fingerprint density at radius 1 is 1.15 bits per heavy atom. The van der Waals surface area contributed by atoms with Crippen molar-refractivity contribution in [3.8, 4) is 5.75 Å². The van der Waals surface area contributed by atoms with Crippen molar-refractivity contribution >= 4 is 11.9 Å². The fourth-order valence-electron chi connectivity index (χ4n) is 3.90. The Hall–Kier alpha value is -2.82. The Bertz CT molecular complexity index is 844. The normalized spacial score (nSPS) is 18.7. The molecule has 2 aromatic carbocycles. The minimum absolute atomic E-state index is 0.0246. The molecule has 1 aliphatic heterocycles. The van der Waals surface area contributed by atoms with Crippen molar-refractivity contribution in [1.82, 2.24) is 4.90 Å². The Morgan fingerprint density at radius 2 is 1.85 bits per heavy atom. The maximum Gasteiger partial charge on any atom is 0.335 e. The number of carboxylic acids is 1. The molecule has 0 radical (unpaired) electrons. The summed E-state index contributed by atoms with van der Waals surface area (Å²) < 4.78 is 5.32. The molecule has 2 unspecified atom stereocenters. The van der Waals surface area contributed by atoms with E-state index in [1.165, 1.54) is 11.1 Å². The van der Waals surface area contributed by atoms with Gasteiger partial charge in [0.2, 0.25) is 5.91 Å². The zero-order chi connectivity index (χ0) is 19.6. The van der Waals surface area contributed by atoms with Crippen molar-refractivity contribution in [2.45, 2.75) is 45.2 Å². The van der Waals surface area contributed by atoms with Crippen LogP contribution in [0.25, 0.3) is 0 Å². The highest BCUT2D eigenvalue weighted by molar-refractivity contribution is 5.87. The SMILES string of the molecule is COc1ccc2c(c1)CC(C)N(C(=O)CCc1ccc(C(=O)O)cc1)C2C. The standard InChI is InChI=1S/C22H25NO4/c1-14-12-18-13-19(27-3)9-10-20(18)15(2)23(14)21(24)11-6-16-4-7-17(8-5-16)22(25)26/h4-5,7-10,13-15H,6,11-12H2,1-3H3,(H,25,26). The largest absolute Gasteiger partial charge is 0.497 e. The molecule has 1 aliphatic rings. The lowest BCUT2D eigenvalue weighted by molar-refractivity contribution is -0.136. The number of rotatable bonds is 5. The fourth-order valence-corrected chi connectivity index (χ4v) is 3.90. The average Bonchev–Trinajstić information content (AvgIpc) is 2.66. The third-order valence-corrected chi connectivity index (χ3v) is 5.32. The minimum atomic E-state index is -0.941. The number of benzene rings is 2. The van der Waals surface area contributed by atoms with Gasteiger partial charge >= 0.3 is 5.97 Å². The number of fused-ring (bicyclic) bond motifs is 1. The molecular weight excluding hydrogens is 342 g/mol. The lowest BCUT2D eigenvalue weighted by atomic mass is 9.88. The molecule has 142 valence electrons. The molecule has 0 bridgehead atoms. The van der Waals surface area contributed by atoms with E-state index in [9.17, 15) is 9.59 Å². The summed E-state index contributed by atoms with van der Waals surface area (Å²) >= 11 is 0. The number of carbonyl (C=O) groups is 2. The van der Waals surface area contributed by atoms with Crippen LogP contribution >= 0.6 is 0 Å². The zero-order valence-corrected chi connectivity index (χ0v) is 15.9. The van der Waals surface area contributed by atoms with Gasteiger partial charge in [-0.3, -0.25) is 4.79 Å². The van der Waals surface area contributed by atoms with Gasteiger partial charge in [-0.2, -0.15) is 0 Å². The molecule has 2 atom stereocenters. The molecule has 27 heavy (non-hydrogen) atoms. The number of amides is 1. The predicted molar refractivity (Wildman–Crippen MR) is 103 cm³/mol. The molecule has 3 rings (SSSR count). The molecule has 0 spiro atoms. The Morgan fingerprint density at radius 3 is 2.48 bits per heavy atom. The first-order valence-corrected chi connectivity index (χ1v) is 9.21. The molecule has 0 saturated carbocycles. The number of aryl methyl sites for hydroxylation is 1. The van der Waals surface area contributed by atoms with Crippen LogP contribution in [0.1, 0.15) is 53.4 Å². The average molecular weight is 367 g/mol. The lowest BCUT2D eigenvalue weighted by Gasteiger charge is -2.40. The van der Waals surface area contributed by atoms with E-state index in [0.29, 0.717) is 12.8 Å². The molecule has 0 saturated heterocycles. The molecular formula is C22H25NO4. The summed E-state index contributed by atoms with van der Waals surface area (Å²) in [7, 11) is 1.66. The third kappa shape index (κ3) is 3.97. The lowest BCUT2D eigenvalue weighted by Crippen LogP contribution is -2.45. The second kappa shape index (κ2) is 7.82. The summed E-state index contributed by atoms with van der Waals surface area (Å²) in [6, 6.07) is 12.9. The highest BCUT2D eigenvalue weighted by atomic mass is 16.5. The number of aromatic carboxylic acids is 1. The van der Waals surface area contributed by atoms with Crippen LogP contribution in [0.15, 0.2) is 42.5 Å². The van der Waals surface area contributed by atoms with Gasteiger partial charge in [0.1, 0.15) is 5.75 Å². The highest BCUT2D eigenvalue weighted by Crippen LogP contribution is 2.35. The zero-order valence-electron chi connectivity index (χ0n) is 15.9. The summed E-state index contributed by atoms with van der Waals surface area (Å²) in [5.74, 6) is 0.0281. The van der Waals surface area contributed by atoms with Crippen LogP contribution in [0, 0.1) is 0 Å². The summed E-state index contributed by atoms with van der Waals surface area (Å²) in [6.07, 6.45) is 1.83. The number of hydrogen-bond donors (Lipinski definition) is 1. The van der Waals surface area contributed by atoms with Gasteiger partial charge in [0, 0.05) is 12.5 Å². The fraction of sp³-hybridized carbons (Fsp3) is 0.364. The van der Waals surface area contributed by atoms with Crippen molar-refractivity contribution in [3.05, 3.63) is 64.7 Å². The van der Waals surface area contributed by atoms with E-state index in [-0.39, 0.29) is 23.6 Å².